The molecule has 2 heterocycles. The van der Waals surface area contributed by atoms with Crippen molar-refractivity contribution in [2.24, 2.45) is 15.2 Å². The lowest BCUT2D eigenvalue weighted by molar-refractivity contribution is -0.121. The Morgan fingerprint density at radius 1 is 0.881 bits per heavy atom. The van der Waals surface area contributed by atoms with Gasteiger partial charge in [-0.25, -0.2) is 9.38 Å². The van der Waals surface area contributed by atoms with E-state index in [4.69, 9.17) is 4.99 Å². The molecule has 0 fully saturated rings. The monoisotopic (exact) mass is 810 g/mol. The Labute approximate surface area is 355 Å². The third-order valence-corrected chi connectivity index (χ3v) is 10.1. The van der Waals surface area contributed by atoms with Crippen LogP contribution >= 0.6 is 0 Å². The van der Waals surface area contributed by atoms with E-state index in [1.54, 1.807) is 18.3 Å². The Hall–Kier alpha value is -5.12. The quantitative estimate of drug-likeness (QED) is 0.109. The van der Waals surface area contributed by atoms with Gasteiger partial charge < -0.3 is 20.9 Å². The molecule has 0 aliphatic carbocycles. The molecule has 0 unspecified atom stereocenters. The summed E-state index contributed by atoms with van der Waals surface area (Å²) in [6.07, 6.45) is 16.9. The standard InChI is InChI=1S/C29H38N6O2.C11H24.C9H10FN/c1-9-12-26(36)30-17-22-13-10-11-14-23(22)18(2)15-24-20(4)31-28(35(8)21(24)5)29(6,7)32-27(37)25-16-19(3)33-34-25;1-3-5-7-9-11-10-8-6-4-2;1-2-11-7-8-3-5-9(10)6-4-8/h10-11,13-14H,2,5,9,12,15-17H2,1,3-4,6-8H3,(H,30,36)(H,32,37);3-11H2,1-2H3;2-6,11H,1,7H2. The average Bonchev–Trinajstić information content (AvgIpc) is 3.66. The van der Waals surface area contributed by atoms with Crippen LogP contribution in [0.15, 0.2) is 107 Å². The summed E-state index contributed by atoms with van der Waals surface area (Å²) in [5.74, 6) is 0.277. The van der Waals surface area contributed by atoms with Crippen LogP contribution in [-0.4, -0.2) is 46.6 Å². The van der Waals surface area contributed by atoms with Crippen LogP contribution in [0, 0.1) is 5.82 Å². The molecule has 59 heavy (non-hydrogen) atoms. The van der Waals surface area contributed by atoms with E-state index in [1.807, 2.05) is 70.8 Å². The number of allylic oxidation sites excluding steroid dienone is 3. The highest BCUT2D eigenvalue weighted by Crippen LogP contribution is 2.34. The van der Waals surface area contributed by atoms with Crippen molar-refractivity contribution >= 4 is 34.6 Å². The third-order valence-electron chi connectivity index (χ3n) is 10.1. The van der Waals surface area contributed by atoms with Crippen LogP contribution < -0.4 is 16.0 Å². The van der Waals surface area contributed by atoms with Crippen LogP contribution in [0.2, 0.25) is 0 Å². The number of rotatable bonds is 21. The zero-order chi connectivity index (χ0) is 43.8. The van der Waals surface area contributed by atoms with Gasteiger partial charge in [0, 0.05) is 62.1 Å². The second-order valence-corrected chi connectivity index (χ2v) is 15.8. The summed E-state index contributed by atoms with van der Waals surface area (Å²) in [6, 6.07) is 14.4. The van der Waals surface area contributed by atoms with E-state index in [-0.39, 0.29) is 17.6 Å². The molecule has 0 aromatic heterocycles. The number of benzene rings is 2. The molecule has 0 radical (unpaired) electrons. The lowest BCUT2D eigenvalue weighted by Crippen LogP contribution is -2.57. The van der Waals surface area contributed by atoms with E-state index in [2.05, 4.69) is 59.7 Å². The molecule has 2 aromatic rings. The second kappa shape index (κ2) is 26.8. The predicted molar refractivity (Wildman–Crippen MR) is 248 cm³/mol. The maximum Gasteiger partial charge on any atom is 0.268 e. The van der Waals surface area contributed by atoms with Crippen LogP contribution in [0.25, 0.3) is 5.57 Å². The van der Waals surface area contributed by atoms with Crippen LogP contribution in [-0.2, 0) is 22.7 Å². The molecule has 4 rings (SSSR count). The maximum absolute atomic E-state index is 12.8. The van der Waals surface area contributed by atoms with E-state index in [0.717, 1.165) is 51.4 Å². The summed E-state index contributed by atoms with van der Waals surface area (Å²) in [5, 5.41) is 16.9. The largest absolute Gasteiger partial charge is 0.387 e. The van der Waals surface area contributed by atoms with Gasteiger partial charge in [-0.2, -0.15) is 5.10 Å². The summed E-state index contributed by atoms with van der Waals surface area (Å²) >= 11 is 0. The molecule has 2 aliphatic heterocycles. The van der Waals surface area contributed by atoms with Crippen LogP contribution in [0.1, 0.15) is 149 Å². The van der Waals surface area contributed by atoms with Gasteiger partial charge in [-0.15, -0.1) is 5.10 Å². The van der Waals surface area contributed by atoms with E-state index in [9.17, 15) is 14.0 Å². The fourth-order valence-electron chi connectivity index (χ4n) is 6.64. The number of carbonyl (C=O) groups excluding carboxylic acids is 2. The number of carbonyl (C=O) groups is 2. The Balaban J connectivity index is 0.000000442. The van der Waals surface area contributed by atoms with E-state index >= 15 is 0 Å². The molecule has 2 amide bonds. The van der Waals surface area contributed by atoms with Gasteiger partial charge in [-0.3, -0.25) is 9.59 Å². The number of halogens is 1. The van der Waals surface area contributed by atoms with Crippen LogP contribution in [0.5, 0.6) is 0 Å². The Morgan fingerprint density at radius 2 is 1.49 bits per heavy atom. The van der Waals surface area contributed by atoms with Gasteiger partial charge in [-0.1, -0.05) is 135 Å². The molecule has 0 atom stereocenters. The summed E-state index contributed by atoms with van der Waals surface area (Å²) in [5.41, 5.74) is 7.06. The third kappa shape index (κ3) is 17.7. The maximum atomic E-state index is 12.8. The number of aliphatic imine (C=N–C) groups is 1. The van der Waals surface area contributed by atoms with Crippen molar-refractivity contribution in [2.75, 3.05) is 7.05 Å². The lowest BCUT2D eigenvalue weighted by Gasteiger charge is -2.38. The van der Waals surface area contributed by atoms with Crippen molar-refractivity contribution < 1.29 is 14.0 Å². The minimum Gasteiger partial charge on any atom is -0.387 e. The number of nitrogens with one attached hydrogen (secondary N) is 3. The highest BCUT2D eigenvalue weighted by molar-refractivity contribution is 6.43. The number of hydrogen-bond donors (Lipinski definition) is 3. The number of amides is 2. The fourth-order valence-corrected chi connectivity index (χ4v) is 6.64. The molecule has 0 bridgehead atoms. The Morgan fingerprint density at radius 3 is 2.05 bits per heavy atom. The first-order valence-electron chi connectivity index (χ1n) is 21.4. The highest BCUT2D eigenvalue weighted by atomic mass is 19.1. The molecular formula is C49H72FN7O2. The van der Waals surface area contributed by atoms with E-state index < -0.39 is 5.54 Å². The summed E-state index contributed by atoms with van der Waals surface area (Å²) in [4.78, 5) is 31.6. The van der Waals surface area contributed by atoms with Gasteiger partial charge in [0.25, 0.3) is 5.91 Å². The SMILES string of the molecule is C=C(CC1=C(C)N=C(C(C)(C)NC(=O)C2=NN=C(C)C2)N(C)C1=C)c1ccccc1CNC(=O)CCC.C=CNCc1ccc(F)cc1.CCCCCCCCCCC. The zero-order valence-electron chi connectivity index (χ0n) is 37.4. The van der Waals surface area contributed by atoms with Gasteiger partial charge in [0.05, 0.1) is 5.54 Å². The van der Waals surface area contributed by atoms with Crippen molar-refractivity contribution in [2.45, 2.75) is 151 Å². The summed E-state index contributed by atoms with van der Waals surface area (Å²) in [6.45, 7) is 27.5. The van der Waals surface area contributed by atoms with Gasteiger partial charge in [0.1, 0.15) is 17.4 Å². The molecule has 2 aliphatic rings. The molecule has 2 aromatic carbocycles. The molecule has 9 nitrogen and oxygen atoms in total. The Bertz CT molecular complexity index is 1810. The topological polar surface area (TPSA) is 111 Å². The molecule has 3 N–H and O–H groups in total. The number of amidine groups is 1. The average molecular weight is 810 g/mol. The molecule has 0 saturated carbocycles. The summed E-state index contributed by atoms with van der Waals surface area (Å²) in [7, 11) is 1.90. The number of likely N-dealkylation sites (N-methyl/N-ethyl adjacent to an activating group) is 1. The van der Waals surface area contributed by atoms with Gasteiger partial charge in [0.15, 0.2) is 0 Å². The Kier molecular flexibility index (Phi) is 22.7. The van der Waals surface area contributed by atoms with Crippen molar-refractivity contribution in [3.8, 4) is 0 Å². The van der Waals surface area contributed by atoms with E-state index in [1.165, 1.54) is 69.9 Å². The molecule has 0 spiro atoms. The first kappa shape index (κ1) is 50.0. The molecule has 0 saturated heterocycles. The predicted octanol–water partition coefficient (Wildman–Crippen LogP) is 11.3. The van der Waals surface area contributed by atoms with E-state index in [0.29, 0.717) is 43.9 Å². The van der Waals surface area contributed by atoms with Crippen molar-refractivity contribution in [3.63, 3.8) is 0 Å². The minimum atomic E-state index is -0.763. The second-order valence-electron chi connectivity index (χ2n) is 15.8. The first-order valence-corrected chi connectivity index (χ1v) is 21.4. The lowest BCUT2D eigenvalue weighted by atomic mass is 9.91. The molecule has 322 valence electrons. The first-order chi connectivity index (χ1) is 28.2. The number of hydrogen-bond acceptors (Lipinski definition) is 7. The molecular weight excluding hydrogens is 738 g/mol. The molecule has 10 heteroatoms. The normalized spacial score (nSPS) is 13.5. The zero-order valence-corrected chi connectivity index (χ0v) is 37.4. The number of nitrogens with zero attached hydrogens (tertiary/aromatic N) is 4. The van der Waals surface area contributed by atoms with Gasteiger partial charge in [0.2, 0.25) is 5.91 Å². The van der Waals surface area contributed by atoms with Crippen molar-refractivity contribution in [1.82, 2.24) is 20.9 Å². The smallest absolute Gasteiger partial charge is 0.268 e. The van der Waals surface area contributed by atoms with Crippen molar-refractivity contribution in [3.05, 3.63) is 114 Å². The van der Waals surface area contributed by atoms with Crippen LogP contribution in [0.4, 0.5) is 4.39 Å². The van der Waals surface area contributed by atoms with Gasteiger partial charge in [-0.05, 0) is 74.7 Å². The minimum absolute atomic E-state index is 0.0444. The highest BCUT2D eigenvalue weighted by Gasteiger charge is 2.35. The van der Waals surface area contributed by atoms with Gasteiger partial charge >= 0.3 is 0 Å². The van der Waals surface area contributed by atoms with Crippen molar-refractivity contribution in [1.29, 1.82) is 0 Å². The van der Waals surface area contributed by atoms with Crippen LogP contribution in [0.3, 0.4) is 0 Å². The number of unbranched alkanes of at least 4 members (excludes halogenated alkanes) is 8. The fraction of sp³-hybridized carbons (Fsp3) is 0.490. The summed E-state index contributed by atoms with van der Waals surface area (Å²) < 4.78 is 12.4.